The van der Waals surface area contributed by atoms with Crippen LogP contribution in [0.3, 0.4) is 0 Å². The van der Waals surface area contributed by atoms with Crippen LogP contribution in [0.1, 0.15) is 17.4 Å². The van der Waals surface area contributed by atoms with Gasteiger partial charge in [0.15, 0.2) is 0 Å². The maximum atomic E-state index is 11.5. The van der Waals surface area contributed by atoms with Crippen molar-refractivity contribution < 1.29 is 4.79 Å². The Hall–Kier alpha value is -1.38. The number of nitrogens with zero attached hydrogens (tertiary/aromatic N) is 2. The standard InChI is InChI=1S/C11H15N3OS/c1-4-9-5-8(6-12)11(16-9)13-10(15)7-14(2)3/h5H,4,7H2,1-3H3,(H,13,15). The number of carbonyl (C=O) groups excluding carboxylic acids is 1. The largest absolute Gasteiger partial charge is 0.315 e. The van der Waals surface area contributed by atoms with Gasteiger partial charge in [0.05, 0.1) is 12.1 Å². The van der Waals surface area contributed by atoms with Gasteiger partial charge in [0.25, 0.3) is 0 Å². The van der Waals surface area contributed by atoms with Gasteiger partial charge in [-0.2, -0.15) is 5.26 Å². The molecule has 0 aliphatic heterocycles. The molecule has 0 aromatic carbocycles. The minimum Gasteiger partial charge on any atom is -0.315 e. The zero-order chi connectivity index (χ0) is 12.1. The number of amides is 1. The summed E-state index contributed by atoms with van der Waals surface area (Å²) in [4.78, 5) is 14.4. The highest BCUT2D eigenvalue weighted by atomic mass is 32.1. The van der Waals surface area contributed by atoms with Gasteiger partial charge in [-0.05, 0) is 26.6 Å². The third-order valence-corrected chi connectivity index (χ3v) is 3.16. The summed E-state index contributed by atoms with van der Waals surface area (Å²) >= 11 is 1.47. The third kappa shape index (κ3) is 3.33. The van der Waals surface area contributed by atoms with Crippen molar-refractivity contribution >= 4 is 22.2 Å². The molecule has 0 saturated carbocycles. The molecule has 16 heavy (non-hydrogen) atoms. The van der Waals surface area contributed by atoms with Crippen LogP contribution >= 0.6 is 11.3 Å². The molecule has 4 nitrogen and oxygen atoms in total. The molecule has 0 unspecified atom stereocenters. The van der Waals surface area contributed by atoms with E-state index in [4.69, 9.17) is 5.26 Å². The van der Waals surface area contributed by atoms with E-state index < -0.39 is 0 Å². The highest BCUT2D eigenvalue weighted by Crippen LogP contribution is 2.27. The fourth-order valence-electron chi connectivity index (χ4n) is 1.25. The molecule has 0 fully saturated rings. The number of thiophene rings is 1. The fraction of sp³-hybridized carbons (Fsp3) is 0.455. The maximum Gasteiger partial charge on any atom is 0.239 e. The fourth-order valence-corrected chi connectivity index (χ4v) is 2.21. The number of aryl methyl sites for hydroxylation is 1. The second kappa shape index (κ2) is 5.64. The molecular weight excluding hydrogens is 222 g/mol. The molecule has 0 aliphatic carbocycles. The number of carbonyl (C=O) groups is 1. The van der Waals surface area contributed by atoms with E-state index in [1.54, 1.807) is 4.90 Å². The highest BCUT2D eigenvalue weighted by molar-refractivity contribution is 7.16. The zero-order valence-electron chi connectivity index (χ0n) is 9.70. The first-order chi connectivity index (χ1) is 7.56. The number of nitriles is 1. The molecule has 0 radical (unpaired) electrons. The highest BCUT2D eigenvalue weighted by Gasteiger charge is 2.11. The number of anilines is 1. The van der Waals surface area contributed by atoms with Gasteiger partial charge in [0, 0.05) is 4.88 Å². The lowest BCUT2D eigenvalue weighted by atomic mass is 10.3. The predicted molar refractivity (Wildman–Crippen MR) is 65.6 cm³/mol. The van der Waals surface area contributed by atoms with Crippen molar-refractivity contribution in [1.29, 1.82) is 5.26 Å². The number of rotatable bonds is 4. The molecule has 86 valence electrons. The van der Waals surface area contributed by atoms with E-state index in [1.807, 2.05) is 27.1 Å². The van der Waals surface area contributed by atoms with Crippen LogP contribution in [0.2, 0.25) is 0 Å². The predicted octanol–water partition coefficient (Wildman–Crippen LogP) is 1.68. The minimum atomic E-state index is -0.0917. The SMILES string of the molecule is CCc1cc(C#N)c(NC(=O)CN(C)C)s1. The molecule has 1 heterocycles. The third-order valence-electron chi connectivity index (χ3n) is 1.96. The second-order valence-corrected chi connectivity index (χ2v) is 4.84. The Labute approximate surface area is 99.5 Å². The molecule has 0 bridgehead atoms. The van der Waals surface area contributed by atoms with E-state index in [0.29, 0.717) is 17.1 Å². The van der Waals surface area contributed by atoms with Gasteiger partial charge in [0.2, 0.25) is 5.91 Å². The molecule has 0 saturated heterocycles. The van der Waals surface area contributed by atoms with Crippen LogP contribution in [0.4, 0.5) is 5.00 Å². The first-order valence-corrected chi connectivity index (χ1v) is 5.85. The van der Waals surface area contributed by atoms with Crippen LogP contribution in [0.25, 0.3) is 0 Å². The van der Waals surface area contributed by atoms with E-state index in [0.717, 1.165) is 11.3 Å². The monoisotopic (exact) mass is 237 g/mol. The van der Waals surface area contributed by atoms with Crippen molar-refractivity contribution in [1.82, 2.24) is 4.90 Å². The van der Waals surface area contributed by atoms with Crippen LogP contribution in [0, 0.1) is 11.3 Å². The smallest absolute Gasteiger partial charge is 0.239 e. The summed E-state index contributed by atoms with van der Waals surface area (Å²) in [6.45, 7) is 2.35. The number of likely N-dealkylation sites (N-methyl/N-ethyl adjacent to an activating group) is 1. The first kappa shape index (κ1) is 12.7. The molecule has 1 rings (SSSR count). The number of hydrogen-bond acceptors (Lipinski definition) is 4. The second-order valence-electron chi connectivity index (χ2n) is 3.71. The molecule has 0 aliphatic rings. The van der Waals surface area contributed by atoms with Crippen molar-refractivity contribution in [2.45, 2.75) is 13.3 Å². The van der Waals surface area contributed by atoms with E-state index >= 15 is 0 Å². The molecule has 1 aromatic rings. The lowest BCUT2D eigenvalue weighted by Crippen LogP contribution is -2.26. The van der Waals surface area contributed by atoms with Crippen molar-refractivity contribution in [3.8, 4) is 6.07 Å². The average molecular weight is 237 g/mol. The van der Waals surface area contributed by atoms with Crippen molar-refractivity contribution in [3.05, 3.63) is 16.5 Å². The van der Waals surface area contributed by atoms with E-state index in [-0.39, 0.29) is 5.91 Å². The maximum absolute atomic E-state index is 11.5. The Kier molecular flexibility index (Phi) is 4.47. The van der Waals surface area contributed by atoms with Crippen molar-refractivity contribution in [2.75, 3.05) is 26.0 Å². The van der Waals surface area contributed by atoms with E-state index in [1.165, 1.54) is 11.3 Å². The molecule has 0 atom stereocenters. The summed E-state index contributed by atoms with van der Waals surface area (Å²) in [5.41, 5.74) is 0.550. The lowest BCUT2D eigenvalue weighted by Gasteiger charge is -2.08. The lowest BCUT2D eigenvalue weighted by molar-refractivity contribution is -0.116. The van der Waals surface area contributed by atoms with Crippen LogP contribution < -0.4 is 5.32 Å². The normalized spacial score (nSPS) is 10.2. The first-order valence-electron chi connectivity index (χ1n) is 5.04. The van der Waals surface area contributed by atoms with Gasteiger partial charge in [-0.15, -0.1) is 11.3 Å². The van der Waals surface area contributed by atoms with Gasteiger partial charge < -0.3 is 10.2 Å². The Morgan fingerprint density at radius 3 is 2.81 bits per heavy atom. The quantitative estimate of drug-likeness (QED) is 0.867. The van der Waals surface area contributed by atoms with Crippen molar-refractivity contribution in [2.24, 2.45) is 0 Å². The van der Waals surface area contributed by atoms with Crippen LogP contribution in [0.15, 0.2) is 6.07 Å². The number of nitrogens with one attached hydrogen (secondary N) is 1. The van der Waals surface area contributed by atoms with Gasteiger partial charge in [-0.3, -0.25) is 4.79 Å². The Bertz CT molecular complexity index is 417. The van der Waals surface area contributed by atoms with Crippen LogP contribution in [-0.2, 0) is 11.2 Å². The Balaban J connectivity index is 2.77. The molecular formula is C11H15N3OS. The molecule has 1 N–H and O–H groups in total. The topological polar surface area (TPSA) is 56.1 Å². The van der Waals surface area contributed by atoms with Gasteiger partial charge in [0.1, 0.15) is 11.1 Å². The molecule has 1 aromatic heterocycles. The summed E-state index contributed by atoms with van der Waals surface area (Å²) in [7, 11) is 3.66. The van der Waals surface area contributed by atoms with E-state index in [9.17, 15) is 4.79 Å². The Morgan fingerprint density at radius 1 is 1.62 bits per heavy atom. The summed E-state index contributed by atoms with van der Waals surface area (Å²) < 4.78 is 0. The van der Waals surface area contributed by atoms with Gasteiger partial charge in [-0.25, -0.2) is 0 Å². The molecule has 0 spiro atoms. The van der Waals surface area contributed by atoms with E-state index in [2.05, 4.69) is 11.4 Å². The average Bonchev–Trinajstić information content (AvgIpc) is 2.59. The van der Waals surface area contributed by atoms with Crippen LogP contribution in [0.5, 0.6) is 0 Å². The summed E-state index contributed by atoms with van der Waals surface area (Å²) in [5, 5.41) is 12.3. The summed E-state index contributed by atoms with van der Waals surface area (Å²) in [5.74, 6) is -0.0917. The van der Waals surface area contributed by atoms with Gasteiger partial charge in [-0.1, -0.05) is 6.92 Å². The minimum absolute atomic E-state index is 0.0917. The van der Waals surface area contributed by atoms with Gasteiger partial charge >= 0.3 is 0 Å². The number of hydrogen-bond donors (Lipinski definition) is 1. The summed E-state index contributed by atoms with van der Waals surface area (Å²) in [6, 6.07) is 3.92. The zero-order valence-corrected chi connectivity index (χ0v) is 10.5. The van der Waals surface area contributed by atoms with Crippen LogP contribution in [-0.4, -0.2) is 31.4 Å². The Morgan fingerprint density at radius 2 is 2.31 bits per heavy atom. The summed E-state index contributed by atoms with van der Waals surface area (Å²) in [6.07, 6.45) is 0.878. The van der Waals surface area contributed by atoms with Crippen molar-refractivity contribution in [3.63, 3.8) is 0 Å². The molecule has 5 heteroatoms. The molecule has 1 amide bonds.